The van der Waals surface area contributed by atoms with E-state index in [-0.39, 0.29) is 47.2 Å². The minimum Gasteiger partial charge on any atom is -0.382 e. The SMILES string of the molecule is [B][C@H]1CC[C@@H](COP(=O)(O)SCc2cc[c-]cc2)O1.[CH3-].[W+2]. The van der Waals surface area contributed by atoms with Gasteiger partial charge in [0, 0.05) is 11.8 Å². The van der Waals surface area contributed by atoms with Crippen molar-refractivity contribution < 1.29 is 39.8 Å². The van der Waals surface area contributed by atoms with Crippen molar-refractivity contribution in [3.05, 3.63) is 43.3 Å². The molecule has 4 nitrogen and oxygen atoms in total. The molecule has 114 valence electrons. The van der Waals surface area contributed by atoms with E-state index in [0.29, 0.717) is 5.75 Å². The molecule has 21 heavy (non-hydrogen) atoms. The first-order valence-electron chi connectivity index (χ1n) is 6.03. The fourth-order valence-electron chi connectivity index (χ4n) is 1.74. The molecular formula is C13H18BO4PSW. The summed E-state index contributed by atoms with van der Waals surface area (Å²) in [6, 6.07) is 9.87. The Balaban J connectivity index is 0.00000200. The monoisotopic (exact) mass is 496 g/mol. The zero-order chi connectivity index (χ0) is 13.7. The molecule has 1 unspecified atom stereocenters. The van der Waals surface area contributed by atoms with Gasteiger partial charge in [0.15, 0.2) is 0 Å². The second-order valence-electron chi connectivity index (χ2n) is 4.32. The fraction of sp³-hybridized carbons (Fsp3) is 0.462. The van der Waals surface area contributed by atoms with Crippen molar-refractivity contribution in [2.24, 2.45) is 0 Å². The Morgan fingerprint density at radius 3 is 2.71 bits per heavy atom. The second kappa shape index (κ2) is 10.3. The topological polar surface area (TPSA) is 55.8 Å². The van der Waals surface area contributed by atoms with Crippen LogP contribution < -0.4 is 0 Å². The van der Waals surface area contributed by atoms with E-state index >= 15 is 0 Å². The van der Waals surface area contributed by atoms with Crippen LogP contribution in [0.1, 0.15) is 18.4 Å². The number of rotatable bonds is 6. The molecule has 0 amide bonds. The van der Waals surface area contributed by atoms with Crippen molar-refractivity contribution in [3.8, 4) is 0 Å². The molecule has 0 aliphatic carbocycles. The average Bonchev–Trinajstić information content (AvgIpc) is 2.82. The molecule has 1 aliphatic heterocycles. The van der Waals surface area contributed by atoms with Crippen molar-refractivity contribution in [1.82, 2.24) is 0 Å². The van der Waals surface area contributed by atoms with Crippen LogP contribution in [0.15, 0.2) is 24.3 Å². The zero-order valence-corrected chi connectivity index (χ0v) is 16.4. The predicted molar refractivity (Wildman–Crippen MR) is 82.4 cm³/mol. The van der Waals surface area contributed by atoms with Crippen LogP contribution in [0.5, 0.6) is 0 Å². The Labute approximate surface area is 146 Å². The van der Waals surface area contributed by atoms with E-state index in [4.69, 9.17) is 17.1 Å². The van der Waals surface area contributed by atoms with Gasteiger partial charge in [-0.1, -0.05) is 0 Å². The summed E-state index contributed by atoms with van der Waals surface area (Å²) in [5, 5.41) is 0. The van der Waals surface area contributed by atoms with Gasteiger partial charge >= 0.3 is 27.9 Å². The standard InChI is InChI=1S/C12H15BO4PS.CH3.W/c13-12-7-6-11(17-12)8-16-18(14,15)19-9-10-4-2-1-3-5-10;;/h2-5,11-12H,6-9H2,(H,14,15);1H3;/q2*-1;+2/t11-,12+;;/m0../s1. The van der Waals surface area contributed by atoms with E-state index in [1.54, 1.807) is 12.1 Å². The maximum absolute atomic E-state index is 11.8. The van der Waals surface area contributed by atoms with Crippen molar-refractivity contribution in [3.63, 3.8) is 0 Å². The van der Waals surface area contributed by atoms with Crippen LogP contribution in [0.3, 0.4) is 0 Å². The molecule has 1 N–H and O–H groups in total. The van der Waals surface area contributed by atoms with Crippen molar-refractivity contribution in [2.45, 2.75) is 30.7 Å². The summed E-state index contributed by atoms with van der Waals surface area (Å²) in [6.45, 7) is -3.54. The van der Waals surface area contributed by atoms with E-state index in [2.05, 4.69) is 6.07 Å². The molecule has 1 heterocycles. The van der Waals surface area contributed by atoms with Gasteiger partial charge in [-0.2, -0.15) is 30.3 Å². The van der Waals surface area contributed by atoms with Gasteiger partial charge in [0.25, 0.3) is 0 Å². The third kappa shape index (κ3) is 8.01. The summed E-state index contributed by atoms with van der Waals surface area (Å²) < 4.78 is 22.2. The summed E-state index contributed by atoms with van der Waals surface area (Å²) >= 11 is 0.904. The molecule has 0 bridgehead atoms. The summed E-state index contributed by atoms with van der Waals surface area (Å²) in [5.41, 5.74) is 0.959. The van der Waals surface area contributed by atoms with Crippen molar-refractivity contribution in [1.29, 1.82) is 0 Å². The normalized spacial score (nSPS) is 23.7. The smallest absolute Gasteiger partial charge is 0.382 e. The molecule has 1 aromatic rings. The van der Waals surface area contributed by atoms with Crippen molar-refractivity contribution >= 4 is 26.0 Å². The Morgan fingerprint density at radius 1 is 1.48 bits per heavy atom. The van der Waals surface area contributed by atoms with Crippen LogP contribution >= 0.6 is 18.2 Å². The van der Waals surface area contributed by atoms with E-state index < -0.39 is 6.80 Å². The van der Waals surface area contributed by atoms with Gasteiger partial charge in [-0.05, 0) is 24.2 Å². The molecule has 0 aromatic heterocycles. The zero-order valence-electron chi connectivity index (χ0n) is 11.8. The maximum atomic E-state index is 11.8. The number of ether oxygens (including phenoxy) is 1. The third-order valence-electron chi connectivity index (χ3n) is 2.75. The van der Waals surface area contributed by atoms with E-state index in [1.807, 2.05) is 12.1 Å². The Bertz CT molecular complexity index is 451. The van der Waals surface area contributed by atoms with Crippen LogP contribution in [0.25, 0.3) is 0 Å². The molecule has 1 saturated heterocycles. The third-order valence-corrected chi connectivity index (χ3v) is 5.69. The van der Waals surface area contributed by atoms with Crippen LogP contribution in [0.2, 0.25) is 0 Å². The van der Waals surface area contributed by atoms with E-state index in [9.17, 15) is 9.46 Å². The fourth-order valence-corrected chi connectivity index (χ4v) is 4.02. The Hall–Kier alpha value is 0.433. The molecular weight excluding hydrogens is 478 g/mol. The molecule has 1 fully saturated rings. The van der Waals surface area contributed by atoms with Crippen LogP contribution in [-0.2, 0) is 40.6 Å². The van der Waals surface area contributed by atoms with E-state index in [1.165, 1.54) is 0 Å². The predicted octanol–water partition coefficient (Wildman–Crippen LogP) is 2.96. The molecule has 0 saturated carbocycles. The first-order valence-corrected chi connectivity index (χ1v) is 9.20. The molecule has 1 aliphatic rings. The van der Waals surface area contributed by atoms with Crippen LogP contribution in [0, 0.1) is 13.5 Å². The van der Waals surface area contributed by atoms with Crippen LogP contribution in [-0.4, -0.2) is 31.5 Å². The van der Waals surface area contributed by atoms with Gasteiger partial charge in [-0.3, -0.25) is 4.52 Å². The second-order valence-corrected chi connectivity index (χ2v) is 8.22. The minimum absolute atomic E-state index is 0. The first-order chi connectivity index (χ1) is 9.05. The first kappa shape index (κ1) is 21.4. The molecule has 8 heteroatoms. The molecule has 1 aromatic carbocycles. The quantitative estimate of drug-likeness (QED) is 0.373. The van der Waals surface area contributed by atoms with E-state index in [0.717, 1.165) is 29.8 Å². The Morgan fingerprint density at radius 2 is 2.14 bits per heavy atom. The average molecular weight is 496 g/mol. The molecule has 2 radical (unpaired) electrons. The summed E-state index contributed by atoms with van der Waals surface area (Å²) in [7, 11) is 5.58. The van der Waals surface area contributed by atoms with Gasteiger partial charge in [-0.15, -0.1) is 5.56 Å². The van der Waals surface area contributed by atoms with Gasteiger partial charge < -0.3 is 17.1 Å². The van der Waals surface area contributed by atoms with Crippen molar-refractivity contribution in [2.75, 3.05) is 6.61 Å². The summed E-state index contributed by atoms with van der Waals surface area (Å²) in [4.78, 5) is 9.70. The molecule has 0 spiro atoms. The number of benzene rings is 1. The van der Waals surface area contributed by atoms with Gasteiger partial charge in [-0.25, -0.2) is 4.57 Å². The van der Waals surface area contributed by atoms with Gasteiger partial charge in [0.2, 0.25) is 0 Å². The largest absolute Gasteiger partial charge is 2.00 e. The number of hydrogen-bond acceptors (Lipinski definition) is 4. The Kier molecular flexibility index (Phi) is 10.5. The van der Waals surface area contributed by atoms with Gasteiger partial charge in [0.05, 0.1) is 12.7 Å². The minimum atomic E-state index is -3.64. The molecule has 2 rings (SSSR count). The van der Waals surface area contributed by atoms with Gasteiger partial charge in [0.1, 0.15) is 7.85 Å². The summed E-state index contributed by atoms with van der Waals surface area (Å²) in [6.07, 6.45) is 1.35. The molecule has 3 atom stereocenters. The maximum Gasteiger partial charge on any atom is 2.00 e. The summed E-state index contributed by atoms with van der Waals surface area (Å²) in [5.74, 6) is 0.424. The van der Waals surface area contributed by atoms with Crippen LogP contribution in [0.4, 0.5) is 0 Å². The number of hydrogen-bond donors (Lipinski definition) is 1.